The summed E-state index contributed by atoms with van der Waals surface area (Å²) in [5.41, 5.74) is 0.588. The third kappa shape index (κ3) is 4.28. The molecule has 0 aromatic heterocycles. The molecule has 2 nitrogen and oxygen atoms in total. The first kappa shape index (κ1) is 13.0. The van der Waals surface area contributed by atoms with Gasteiger partial charge in [0.15, 0.2) is 0 Å². The zero-order valence-corrected chi connectivity index (χ0v) is 8.68. The fourth-order valence-corrected chi connectivity index (χ4v) is 0.902. The molecule has 0 atom stereocenters. The Labute approximate surface area is 94.0 Å². The summed E-state index contributed by atoms with van der Waals surface area (Å²) >= 11 is 0. The van der Waals surface area contributed by atoms with Crippen LogP contribution in [0.4, 0.5) is 0 Å². The Morgan fingerprint density at radius 2 is 1.86 bits per heavy atom. The minimum atomic E-state index is -0.0845. The summed E-state index contributed by atoms with van der Waals surface area (Å²) in [7, 11) is 0. The summed E-state index contributed by atoms with van der Waals surface area (Å²) in [6, 6.07) is 14.9. The summed E-state index contributed by atoms with van der Waals surface area (Å²) in [4.78, 5) is 0. The minimum absolute atomic E-state index is 0. The molecule has 2 aromatic rings. The number of rotatable bonds is 1. The zero-order valence-electron chi connectivity index (χ0n) is 7.57. The third-order valence-corrected chi connectivity index (χ3v) is 1.61. The van der Waals surface area contributed by atoms with Crippen LogP contribution in [0.3, 0.4) is 0 Å². The number of aromatic hydroxyl groups is 1. The van der Waals surface area contributed by atoms with Gasteiger partial charge in [-0.15, -0.1) is 0 Å². The second-order valence-corrected chi connectivity index (χ2v) is 2.56. The topological polar surface area (TPSA) is 40.5 Å². The average molecular weight is 232 g/mol. The van der Waals surface area contributed by atoms with Crippen molar-refractivity contribution in [1.82, 2.24) is 0 Å². The fourth-order valence-electron chi connectivity index (χ4n) is 0.902. The van der Waals surface area contributed by atoms with Gasteiger partial charge in [0, 0.05) is 12.4 Å². The van der Waals surface area contributed by atoms with E-state index in [-0.39, 0.29) is 29.4 Å². The molecule has 0 bridgehead atoms. The normalized spacial score (nSPS) is 8.36. The van der Waals surface area contributed by atoms with Gasteiger partial charge in [0.25, 0.3) is 0 Å². The SMILES string of the molecule is OC[c-]1cccc1O.[Fe+2].c1cc[cH-]c1. The van der Waals surface area contributed by atoms with E-state index in [4.69, 9.17) is 10.2 Å². The van der Waals surface area contributed by atoms with Crippen molar-refractivity contribution in [3.8, 4) is 5.75 Å². The molecule has 0 unspecified atom stereocenters. The van der Waals surface area contributed by atoms with Gasteiger partial charge in [-0.1, -0.05) is 5.56 Å². The van der Waals surface area contributed by atoms with E-state index in [0.29, 0.717) is 5.56 Å². The Kier molecular flexibility index (Phi) is 6.85. The fraction of sp³-hybridized carbons (Fsp3) is 0.0909. The first-order valence-electron chi connectivity index (χ1n) is 4.05. The van der Waals surface area contributed by atoms with Gasteiger partial charge in [-0.05, 0) is 0 Å². The van der Waals surface area contributed by atoms with Crippen LogP contribution in [0.25, 0.3) is 0 Å². The van der Waals surface area contributed by atoms with Gasteiger partial charge in [0.2, 0.25) is 0 Å². The maximum absolute atomic E-state index is 8.79. The molecular formula is C11H12FeO2. The average Bonchev–Trinajstić information content (AvgIpc) is 2.76. The van der Waals surface area contributed by atoms with Gasteiger partial charge in [-0.3, -0.25) is 0 Å². The van der Waals surface area contributed by atoms with Crippen molar-refractivity contribution in [2.75, 3.05) is 0 Å². The van der Waals surface area contributed by atoms with Gasteiger partial charge < -0.3 is 10.2 Å². The molecule has 0 radical (unpaired) electrons. The van der Waals surface area contributed by atoms with Crippen LogP contribution in [0.5, 0.6) is 5.75 Å². The Morgan fingerprint density at radius 1 is 1.21 bits per heavy atom. The molecule has 0 aliphatic carbocycles. The molecule has 76 valence electrons. The maximum Gasteiger partial charge on any atom is 2.00 e. The Balaban J connectivity index is 0.000000246. The van der Waals surface area contributed by atoms with E-state index in [1.807, 2.05) is 30.3 Å². The van der Waals surface area contributed by atoms with E-state index in [0.717, 1.165) is 0 Å². The molecule has 2 aromatic carbocycles. The van der Waals surface area contributed by atoms with Crippen molar-refractivity contribution >= 4 is 0 Å². The predicted octanol–water partition coefficient (Wildman–Crippen LogP) is 2.01. The molecule has 3 heteroatoms. The van der Waals surface area contributed by atoms with E-state index in [1.54, 1.807) is 18.2 Å². The summed E-state index contributed by atoms with van der Waals surface area (Å²) in [5, 5.41) is 17.2. The van der Waals surface area contributed by atoms with Crippen LogP contribution in [0.1, 0.15) is 5.56 Å². The summed E-state index contributed by atoms with van der Waals surface area (Å²) < 4.78 is 0. The Morgan fingerprint density at radius 3 is 2.07 bits per heavy atom. The quantitative estimate of drug-likeness (QED) is 0.583. The van der Waals surface area contributed by atoms with Crippen LogP contribution in [0.15, 0.2) is 48.5 Å². The standard InChI is InChI=1S/C6H7O2.C5H5.Fe/c7-4-5-2-1-3-6(5)8;1-2-4-5-3-1;/h1-3,7-8H,4H2;1-5H;/q2*-1;+2. The number of hydrogen-bond acceptors (Lipinski definition) is 2. The van der Waals surface area contributed by atoms with Crippen molar-refractivity contribution in [3.63, 3.8) is 0 Å². The summed E-state index contributed by atoms with van der Waals surface area (Å²) in [5.74, 6) is 0.174. The monoisotopic (exact) mass is 232 g/mol. The third-order valence-electron chi connectivity index (χ3n) is 1.61. The largest absolute Gasteiger partial charge is 2.00 e. The van der Waals surface area contributed by atoms with E-state index in [9.17, 15) is 0 Å². The van der Waals surface area contributed by atoms with Gasteiger partial charge >= 0.3 is 17.1 Å². The summed E-state index contributed by atoms with van der Waals surface area (Å²) in [6.45, 7) is -0.0845. The van der Waals surface area contributed by atoms with E-state index in [1.165, 1.54) is 0 Å². The van der Waals surface area contributed by atoms with Crippen LogP contribution in [0, 0.1) is 0 Å². The zero-order chi connectivity index (χ0) is 9.52. The van der Waals surface area contributed by atoms with E-state index >= 15 is 0 Å². The second kappa shape index (κ2) is 7.39. The van der Waals surface area contributed by atoms with Crippen LogP contribution in [0.2, 0.25) is 0 Å². The number of hydrogen-bond donors (Lipinski definition) is 2. The van der Waals surface area contributed by atoms with Crippen LogP contribution in [-0.2, 0) is 23.7 Å². The Hall–Kier alpha value is -1.02. The molecule has 14 heavy (non-hydrogen) atoms. The Bertz CT molecular complexity index is 294. The van der Waals surface area contributed by atoms with Crippen LogP contribution < -0.4 is 0 Å². The predicted molar refractivity (Wildman–Crippen MR) is 51.7 cm³/mol. The van der Waals surface area contributed by atoms with E-state index in [2.05, 4.69) is 0 Å². The first-order chi connectivity index (χ1) is 6.34. The van der Waals surface area contributed by atoms with Crippen molar-refractivity contribution in [2.24, 2.45) is 0 Å². The van der Waals surface area contributed by atoms with Crippen molar-refractivity contribution in [2.45, 2.75) is 6.61 Å². The first-order valence-corrected chi connectivity index (χ1v) is 4.05. The van der Waals surface area contributed by atoms with Crippen molar-refractivity contribution in [1.29, 1.82) is 0 Å². The molecule has 2 N–H and O–H groups in total. The molecule has 0 heterocycles. The molecule has 0 saturated heterocycles. The molecule has 0 spiro atoms. The molecule has 0 fully saturated rings. The molecule has 0 aliphatic heterocycles. The molecule has 0 amide bonds. The molecule has 0 aliphatic rings. The van der Waals surface area contributed by atoms with Crippen molar-refractivity contribution in [3.05, 3.63) is 54.1 Å². The molecule has 2 rings (SSSR count). The van der Waals surface area contributed by atoms with Gasteiger partial charge in [0.05, 0.1) is 0 Å². The summed E-state index contributed by atoms with van der Waals surface area (Å²) in [6.07, 6.45) is 0. The van der Waals surface area contributed by atoms with Gasteiger partial charge in [-0.2, -0.15) is 30.3 Å². The van der Waals surface area contributed by atoms with Crippen LogP contribution >= 0.6 is 0 Å². The number of aliphatic hydroxyl groups excluding tert-OH is 1. The van der Waals surface area contributed by atoms with Crippen molar-refractivity contribution < 1.29 is 27.3 Å². The van der Waals surface area contributed by atoms with Gasteiger partial charge in [0.1, 0.15) is 0 Å². The maximum atomic E-state index is 8.79. The smallest absolute Gasteiger partial charge is 0.534 e. The van der Waals surface area contributed by atoms with Crippen LogP contribution in [-0.4, -0.2) is 10.2 Å². The minimum Gasteiger partial charge on any atom is -0.534 e. The molecular weight excluding hydrogens is 220 g/mol. The second-order valence-electron chi connectivity index (χ2n) is 2.56. The van der Waals surface area contributed by atoms with E-state index < -0.39 is 0 Å². The number of aliphatic hydroxyl groups is 1. The van der Waals surface area contributed by atoms with Gasteiger partial charge in [-0.25, -0.2) is 18.2 Å². The molecule has 0 saturated carbocycles.